The van der Waals surface area contributed by atoms with E-state index in [1.165, 1.54) is 0 Å². The lowest BCUT2D eigenvalue weighted by atomic mass is 10.1. The monoisotopic (exact) mass is 302 g/mol. The fourth-order valence-corrected chi connectivity index (χ4v) is 4.24. The number of hydrogen-bond acceptors (Lipinski definition) is 2. The van der Waals surface area contributed by atoms with E-state index in [9.17, 15) is 8.42 Å². The van der Waals surface area contributed by atoms with Crippen LogP contribution in [0.1, 0.15) is 33.4 Å². The molecule has 0 aliphatic carbocycles. The lowest BCUT2D eigenvalue weighted by molar-refractivity contribution is 0.594. The van der Waals surface area contributed by atoms with E-state index >= 15 is 0 Å². The third-order valence-electron chi connectivity index (χ3n) is 3.75. The third kappa shape index (κ3) is 4.18. The van der Waals surface area contributed by atoms with Crippen LogP contribution in [-0.2, 0) is 21.3 Å². The number of aryl methyl sites for hydroxylation is 4. The molecule has 0 aromatic heterocycles. The zero-order chi connectivity index (χ0) is 15.6. The highest BCUT2D eigenvalue weighted by molar-refractivity contribution is 7.89. The van der Waals surface area contributed by atoms with Crippen LogP contribution >= 0.6 is 0 Å². The Kier molecular flexibility index (Phi) is 4.52. The SMILES string of the molecule is Cc1ccc(CS(=O)(=O)Cc2ccc(C)cc2C)c(C)c1. The van der Waals surface area contributed by atoms with Crippen molar-refractivity contribution in [2.24, 2.45) is 0 Å². The van der Waals surface area contributed by atoms with Crippen LogP contribution in [-0.4, -0.2) is 8.42 Å². The van der Waals surface area contributed by atoms with E-state index in [2.05, 4.69) is 0 Å². The minimum absolute atomic E-state index is 0.104. The predicted octanol–water partition coefficient (Wildman–Crippen LogP) is 4.04. The quantitative estimate of drug-likeness (QED) is 0.854. The van der Waals surface area contributed by atoms with Gasteiger partial charge in [0.05, 0.1) is 11.5 Å². The molecule has 2 rings (SSSR count). The molecule has 0 atom stereocenters. The summed E-state index contributed by atoms with van der Waals surface area (Å²) in [6, 6.07) is 11.8. The van der Waals surface area contributed by atoms with Crippen molar-refractivity contribution in [1.82, 2.24) is 0 Å². The first kappa shape index (κ1) is 15.8. The maximum atomic E-state index is 12.4. The van der Waals surface area contributed by atoms with Crippen molar-refractivity contribution in [1.29, 1.82) is 0 Å². The van der Waals surface area contributed by atoms with E-state index in [0.717, 1.165) is 33.4 Å². The summed E-state index contributed by atoms with van der Waals surface area (Å²) >= 11 is 0. The van der Waals surface area contributed by atoms with Crippen LogP contribution in [0, 0.1) is 27.7 Å². The van der Waals surface area contributed by atoms with Gasteiger partial charge in [0.1, 0.15) is 0 Å². The van der Waals surface area contributed by atoms with Gasteiger partial charge in [-0.15, -0.1) is 0 Å². The van der Waals surface area contributed by atoms with Gasteiger partial charge < -0.3 is 0 Å². The van der Waals surface area contributed by atoms with Crippen LogP contribution in [0.25, 0.3) is 0 Å². The van der Waals surface area contributed by atoms with Crippen LogP contribution < -0.4 is 0 Å². The second kappa shape index (κ2) is 6.02. The maximum absolute atomic E-state index is 12.4. The molecule has 0 amide bonds. The van der Waals surface area contributed by atoms with E-state index in [-0.39, 0.29) is 11.5 Å². The topological polar surface area (TPSA) is 34.1 Å². The molecule has 2 nitrogen and oxygen atoms in total. The molecule has 0 spiro atoms. The Morgan fingerprint density at radius 3 is 1.43 bits per heavy atom. The average molecular weight is 302 g/mol. The van der Waals surface area contributed by atoms with Crippen molar-refractivity contribution in [3.63, 3.8) is 0 Å². The Hall–Kier alpha value is -1.61. The first-order valence-corrected chi connectivity index (χ1v) is 8.92. The molecule has 0 unspecified atom stereocenters. The molecule has 2 aromatic carbocycles. The van der Waals surface area contributed by atoms with E-state index < -0.39 is 9.84 Å². The molecule has 21 heavy (non-hydrogen) atoms. The van der Waals surface area contributed by atoms with Crippen molar-refractivity contribution < 1.29 is 8.42 Å². The number of sulfone groups is 1. The van der Waals surface area contributed by atoms with Gasteiger partial charge in [-0.05, 0) is 49.9 Å². The molecular formula is C18H22O2S. The normalized spacial score (nSPS) is 11.6. The molecule has 0 saturated heterocycles. The first-order chi connectivity index (χ1) is 9.77. The van der Waals surface area contributed by atoms with Crippen LogP contribution in [0.3, 0.4) is 0 Å². The molecule has 0 bridgehead atoms. The lowest BCUT2D eigenvalue weighted by Crippen LogP contribution is -2.09. The first-order valence-electron chi connectivity index (χ1n) is 7.09. The molecule has 3 heteroatoms. The standard InChI is InChI=1S/C18H22O2S/c1-13-5-7-17(15(3)9-13)11-21(19,20)12-18-8-6-14(2)10-16(18)4/h5-10H,11-12H2,1-4H3. The van der Waals surface area contributed by atoms with Crippen LogP contribution in [0.2, 0.25) is 0 Å². The zero-order valence-corrected chi connectivity index (χ0v) is 13.9. The van der Waals surface area contributed by atoms with E-state index in [4.69, 9.17) is 0 Å². The summed E-state index contributed by atoms with van der Waals surface area (Å²) in [5, 5.41) is 0. The van der Waals surface area contributed by atoms with E-state index in [1.807, 2.05) is 64.1 Å². The number of benzene rings is 2. The minimum Gasteiger partial charge on any atom is -0.228 e. The second-order valence-corrected chi connectivity index (χ2v) is 7.96. The Bertz CT molecular complexity index is 699. The highest BCUT2D eigenvalue weighted by atomic mass is 32.2. The molecular weight excluding hydrogens is 280 g/mol. The molecule has 112 valence electrons. The zero-order valence-electron chi connectivity index (χ0n) is 13.1. The van der Waals surface area contributed by atoms with Crippen LogP contribution in [0.4, 0.5) is 0 Å². The Morgan fingerprint density at radius 2 is 1.10 bits per heavy atom. The molecule has 2 aromatic rings. The molecule has 0 N–H and O–H groups in total. The predicted molar refractivity (Wildman–Crippen MR) is 88.2 cm³/mol. The molecule has 0 fully saturated rings. The highest BCUT2D eigenvalue weighted by Gasteiger charge is 2.15. The number of hydrogen-bond donors (Lipinski definition) is 0. The fraction of sp³-hybridized carbons (Fsp3) is 0.333. The summed E-state index contributed by atoms with van der Waals surface area (Å²) in [5.74, 6) is 0.207. The van der Waals surface area contributed by atoms with Crippen molar-refractivity contribution in [3.05, 3.63) is 69.8 Å². The summed E-state index contributed by atoms with van der Waals surface area (Å²) in [5.41, 5.74) is 6.18. The second-order valence-electron chi connectivity index (χ2n) is 5.89. The van der Waals surface area contributed by atoms with Gasteiger partial charge in [0.2, 0.25) is 0 Å². The van der Waals surface area contributed by atoms with Crippen LogP contribution in [0.15, 0.2) is 36.4 Å². The maximum Gasteiger partial charge on any atom is 0.158 e. The van der Waals surface area contributed by atoms with Crippen molar-refractivity contribution >= 4 is 9.84 Å². The Morgan fingerprint density at radius 1 is 0.714 bits per heavy atom. The molecule has 0 radical (unpaired) electrons. The van der Waals surface area contributed by atoms with Crippen molar-refractivity contribution in [2.45, 2.75) is 39.2 Å². The van der Waals surface area contributed by atoms with Crippen molar-refractivity contribution in [3.8, 4) is 0 Å². The Labute approximate surface area is 127 Å². The summed E-state index contributed by atoms with van der Waals surface area (Å²) in [7, 11) is -3.16. The minimum atomic E-state index is -3.16. The van der Waals surface area contributed by atoms with E-state index in [1.54, 1.807) is 0 Å². The van der Waals surface area contributed by atoms with Gasteiger partial charge in [-0.3, -0.25) is 0 Å². The summed E-state index contributed by atoms with van der Waals surface area (Å²) in [6.07, 6.45) is 0. The fourth-order valence-electron chi connectivity index (χ4n) is 2.54. The third-order valence-corrected chi connectivity index (χ3v) is 5.25. The van der Waals surface area contributed by atoms with Crippen molar-refractivity contribution in [2.75, 3.05) is 0 Å². The van der Waals surface area contributed by atoms with Gasteiger partial charge in [0, 0.05) is 0 Å². The molecule has 0 heterocycles. The molecule has 0 aliphatic rings. The van der Waals surface area contributed by atoms with Gasteiger partial charge in [-0.25, -0.2) is 8.42 Å². The van der Waals surface area contributed by atoms with E-state index in [0.29, 0.717) is 0 Å². The van der Waals surface area contributed by atoms with Crippen LogP contribution in [0.5, 0.6) is 0 Å². The van der Waals surface area contributed by atoms with Gasteiger partial charge in [0.25, 0.3) is 0 Å². The van der Waals surface area contributed by atoms with Gasteiger partial charge in [-0.1, -0.05) is 47.5 Å². The Balaban J connectivity index is 2.22. The van der Waals surface area contributed by atoms with Gasteiger partial charge in [0.15, 0.2) is 9.84 Å². The highest BCUT2D eigenvalue weighted by Crippen LogP contribution is 2.19. The molecule has 0 aliphatic heterocycles. The summed E-state index contributed by atoms with van der Waals surface area (Å²) in [6.45, 7) is 7.96. The summed E-state index contributed by atoms with van der Waals surface area (Å²) < 4.78 is 24.9. The smallest absolute Gasteiger partial charge is 0.158 e. The summed E-state index contributed by atoms with van der Waals surface area (Å²) in [4.78, 5) is 0. The van der Waals surface area contributed by atoms with Gasteiger partial charge >= 0.3 is 0 Å². The largest absolute Gasteiger partial charge is 0.228 e. The molecule has 0 saturated carbocycles. The average Bonchev–Trinajstić information content (AvgIpc) is 2.36. The number of rotatable bonds is 4. The lowest BCUT2D eigenvalue weighted by Gasteiger charge is -2.10. The van der Waals surface area contributed by atoms with Gasteiger partial charge in [-0.2, -0.15) is 0 Å².